The number of hydrogen-bond donors (Lipinski definition) is 3. The van der Waals surface area contributed by atoms with Crippen molar-refractivity contribution in [2.45, 2.75) is 39.7 Å². The van der Waals surface area contributed by atoms with Crippen LogP contribution in [0.2, 0.25) is 0 Å². The van der Waals surface area contributed by atoms with E-state index in [0.29, 0.717) is 24.2 Å². The van der Waals surface area contributed by atoms with Gasteiger partial charge in [0.05, 0.1) is 5.69 Å². The van der Waals surface area contributed by atoms with E-state index in [1.54, 1.807) is 13.8 Å². The van der Waals surface area contributed by atoms with E-state index in [4.69, 9.17) is 5.11 Å². The van der Waals surface area contributed by atoms with Crippen molar-refractivity contribution in [3.63, 3.8) is 0 Å². The molecule has 0 fully saturated rings. The van der Waals surface area contributed by atoms with Crippen molar-refractivity contribution in [1.82, 2.24) is 15.3 Å². The summed E-state index contributed by atoms with van der Waals surface area (Å²) < 4.78 is 0. The van der Waals surface area contributed by atoms with Gasteiger partial charge in [0.1, 0.15) is 0 Å². The number of rotatable bonds is 5. The number of aryl methyl sites for hydroxylation is 2. The molecule has 1 unspecified atom stereocenters. The zero-order valence-corrected chi connectivity index (χ0v) is 10.9. The highest BCUT2D eigenvalue weighted by Crippen LogP contribution is 1.99. The molecule has 1 aromatic heterocycles. The number of aliphatic hydroxyl groups excluding tert-OH is 1. The molecule has 0 bridgehead atoms. The van der Waals surface area contributed by atoms with Crippen LogP contribution in [-0.4, -0.2) is 33.6 Å². The Hall–Kier alpha value is -1.69. The van der Waals surface area contributed by atoms with Crippen molar-refractivity contribution in [3.05, 3.63) is 27.4 Å². The molecule has 0 aliphatic heterocycles. The topological polar surface area (TPSA) is 95.1 Å². The number of nitrogens with one attached hydrogen (secondary N) is 2. The summed E-state index contributed by atoms with van der Waals surface area (Å²) in [5, 5.41) is 11.4. The minimum Gasteiger partial charge on any atom is -0.396 e. The summed E-state index contributed by atoms with van der Waals surface area (Å²) >= 11 is 0. The molecule has 100 valence electrons. The van der Waals surface area contributed by atoms with E-state index < -0.39 is 11.5 Å². The third kappa shape index (κ3) is 3.66. The van der Waals surface area contributed by atoms with Crippen molar-refractivity contribution in [2.75, 3.05) is 6.61 Å². The predicted octanol–water partition coefficient (Wildman–Crippen LogP) is 0.278. The molecule has 1 atom stereocenters. The molecule has 1 aromatic rings. The Morgan fingerprint density at radius 1 is 1.50 bits per heavy atom. The summed E-state index contributed by atoms with van der Waals surface area (Å²) in [5.41, 5.74) is 0.687. The fourth-order valence-electron chi connectivity index (χ4n) is 1.54. The van der Waals surface area contributed by atoms with Gasteiger partial charge in [-0.3, -0.25) is 9.59 Å². The second-order valence-corrected chi connectivity index (χ2v) is 4.37. The summed E-state index contributed by atoms with van der Waals surface area (Å²) in [4.78, 5) is 30.0. The van der Waals surface area contributed by atoms with Gasteiger partial charge in [-0.1, -0.05) is 0 Å². The van der Waals surface area contributed by atoms with Gasteiger partial charge in [0.2, 0.25) is 0 Å². The first-order valence-electron chi connectivity index (χ1n) is 5.95. The summed E-state index contributed by atoms with van der Waals surface area (Å²) in [6.07, 6.45) is 1.27. The quantitative estimate of drug-likeness (QED) is 0.702. The number of aromatic nitrogens is 2. The van der Waals surface area contributed by atoms with Crippen LogP contribution in [-0.2, 0) is 0 Å². The molecule has 0 spiro atoms. The van der Waals surface area contributed by atoms with Gasteiger partial charge >= 0.3 is 0 Å². The summed E-state index contributed by atoms with van der Waals surface area (Å²) in [5.74, 6) is -0.482. The van der Waals surface area contributed by atoms with Crippen LogP contribution in [0.25, 0.3) is 0 Å². The lowest BCUT2D eigenvalue weighted by atomic mass is 10.2. The molecule has 0 aliphatic carbocycles. The SMILES string of the molecule is Cc1nc(C(=O)NC(C)CCCO)c(=O)[nH]c1C. The van der Waals surface area contributed by atoms with Crippen molar-refractivity contribution in [2.24, 2.45) is 0 Å². The number of carbonyl (C=O) groups excluding carboxylic acids is 1. The van der Waals surface area contributed by atoms with Gasteiger partial charge in [0.25, 0.3) is 11.5 Å². The molecule has 3 N–H and O–H groups in total. The number of amides is 1. The lowest BCUT2D eigenvalue weighted by Gasteiger charge is -2.12. The van der Waals surface area contributed by atoms with E-state index >= 15 is 0 Å². The van der Waals surface area contributed by atoms with E-state index in [1.165, 1.54) is 0 Å². The second-order valence-electron chi connectivity index (χ2n) is 4.37. The largest absolute Gasteiger partial charge is 0.396 e. The maximum atomic E-state index is 11.8. The maximum absolute atomic E-state index is 11.8. The van der Waals surface area contributed by atoms with Crippen molar-refractivity contribution >= 4 is 5.91 Å². The zero-order valence-electron chi connectivity index (χ0n) is 10.9. The first-order valence-corrected chi connectivity index (χ1v) is 5.95. The first kappa shape index (κ1) is 14.4. The van der Waals surface area contributed by atoms with Crippen LogP contribution in [0.1, 0.15) is 41.6 Å². The number of aliphatic hydroxyl groups is 1. The minimum atomic E-state index is -0.482. The predicted molar refractivity (Wildman–Crippen MR) is 67.6 cm³/mol. The first-order chi connectivity index (χ1) is 8.45. The third-order valence-electron chi connectivity index (χ3n) is 2.73. The zero-order chi connectivity index (χ0) is 13.7. The number of aromatic amines is 1. The number of carbonyl (C=O) groups is 1. The molecule has 0 aliphatic rings. The smallest absolute Gasteiger partial charge is 0.279 e. The monoisotopic (exact) mass is 253 g/mol. The van der Waals surface area contributed by atoms with Gasteiger partial charge < -0.3 is 15.4 Å². The van der Waals surface area contributed by atoms with Crippen LogP contribution in [0.4, 0.5) is 0 Å². The highest BCUT2D eigenvalue weighted by Gasteiger charge is 2.15. The Morgan fingerprint density at radius 3 is 2.78 bits per heavy atom. The molecule has 0 radical (unpaired) electrons. The van der Waals surface area contributed by atoms with Crippen LogP contribution in [0.3, 0.4) is 0 Å². The third-order valence-corrected chi connectivity index (χ3v) is 2.73. The van der Waals surface area contributed by atoms with Gasteiger partial charge in [0.15, 0.2) is 5.69 Å². The summed E-state index contributed by atoms with van der Waals surface area (Å²) in [7, 11) is 0. The van der Waals surface area contributed by atoms with Crippen LogP contribution >= 0.6 is 0 Å². The molecular formula is C12H19N3O3. The molecule has 6 nitrogen and oxygen atoms in total. The highest BCUT2D eigenvalue weighted by atomic mass is 16.3. The molecule has 1 heterocycles. The molecule has 18 heavy (non-hydrogen) atoms. The summed E-state index contributed by atoms with van der Waals surface area (Å²) in [6, 6.07) is -0.104. The number of H-pyrrole nitrogens is 1. The van der Waals surface area contributed by atoms with Crippen LogP contribution in [0.5, 0.6) is 0 Å². The van der Waals surface area contributed by atoms with Crippen LogP contribution < -0.4 is 10.9 Å². The van der Waals surface area contributed by atoms with E-state index in [-0.39, 0.29) is 18.3 Å². The Bertz CT molecular complexity index is 482. The molecule has 1 rings (SSSR count). The second kappa shape index (κ2) is 6.30. The van der Waals surface area contributed by atoms with Crippen LogP contribution in [0, 0.1) is 13.8 Å². The highest BCUT2D eigenvalue weighted by molar-refractivity contribution is 5.92. The van der Waals surface area contributed by atoms with Crippen molar-refractivity contribution in [1.29, 1.82) is 0 Å². The Kier molecular flexibility index (Phi) is 5.03. The van der Waals surface area contributed by atoms with E-state index in [2.05, 4.69) is 15.3 Å². The summed E-state index contributed by atoms with van der Waals surface area (Å²) in [6.45, 7) is 5.37. The van der Waals surface area contributed by atoms with Gasteiger partial charge in [0, 0.05) is 18.3 Å². The number of nitrogens with zero attached hydrogens (tertiary/aromatic N) is 1. The molecule has 0 saturated carbocycles. The van der Waals surface area contributed by atoms with Gasteiger partial charge in [-0.15, -0.1) is 0 Å². The van der Waals surface area contributed by atoms with Gasteiger partial charge in [-0.25, -0.2) is 4.98 Å². The Balaban J connectivity index is 2.79. The maximum Gasteiger partial charge on any atom is 0.279 e. The Morgan fingerprint density at radius 2 is 2.17 bits per heavy atom. The average Bonchev–Trinajstić information content (AvgIpc) is 2.31. The molecule has 1 amide bonds. The molecule has 0 aromatic carbocycles. The van der Waals surface area contributed by atoms with Crippen molar-refractivity contribution < 1.29 is 9.90 Å². The number of hydrogen-bond acceptors (Lipinski definition) is 4. The van der Waals surface area contributed by atoms with E-state index in [1.807, 2.05) is 6.92 Å². The van der Waals surface area contributed by atoms with E-state index in [9.17, 15) is 9.59 Å². The molecular weight excluding hydrogens is 234 g/mol. The molecule has 6 heteroatoms. The average molecular weight is 253 g/mol. The van der Waals surface area contributed by atoms with Gasteiger partial charge in [-0.2, -0.15) is 0 Å². The fourth-order valence-corrected chi connectivity index (χ4v) is 1.54. The standard InChI is InChI=1S/C12H19N3O3/c1-7(5-4-6-16)13-11(17)10-12(18)15-9(3)8(2)14-10/h7,16H,4-6H2,1-3H3,(H,13,17)(H,15,18). The lowest BCUT2D eigenvalue weighted by Crippen LogP contribution is -2.37. The van der Waals surface area contributed by atoms with Gasteiger partial charge in [-0.05, 0) is 33.6 Å². The Labute approximate surface area is 105 Å². The normalized spacial score (nSPS) is 12.2. The molecule has 0 saturated heterocycles. The fraction of sp³-hybridized carbons (Fsp3) is 0.583. The lowest BCUT2D eigenvalue weighted by molar-refractivity contribution is 0.0929. The minimum absolute atomic E-state index is 0.0860. The van der Waals surface area contributed by atoms with Crippen LogP contribution in [0.15, 0.2) is 4.79 Å². The van der Waals surface area contributed by atoms with E-state index in [0.717, 1.165) is 0 Å². The van der Waals surface area contributed by atoms with Crippen molar-refractivity contribution in [3.8, 4) is 0 Å².